The van der Waals surface area contributed by atoms with Crippen LogP contribution in [0.15, 0.2) is 60.7 Å². The molecule has 0 spiro atoms. The molecule has 1 saturated heterocycles. The number of hydrogen-bond donors (Lipinski definition) is 0. The van der Waals surface area contributed by atoms with Crippen molar-refractivity contribution in [2.24, 2.45) is 0 Å². The highest BCUT2D eigenvalue weighted by molar-refractivity contribution is 5.34. The summed E-state index contributed by atoms with van der Waals surface area (Å²) in [6.45, 7) is 4.44. The zero-order valence-corrected chi connectivity index (χ0v) is 10.1. The summed E-state index contributed by atoms with van der Waals surface area (Å²) in [5.41, 5.74) is 2.00. The van der Waals surface area contributed by atoms with Crippen LogP contribution in [0.25, 0.3) is 0 Å². The third-order valence-corrected chi connectivity index (χ3v) is 3.11. The first-order valence-electron chi connectivity index (χ1n) is 6.07. The average Bonchev–Trinajstić information content (AvgIpc) is 2.84. The maximum Gasteiger partial charge on any atom is 0.222 e. The van der Waals surface area contributed by atoms with Crippen LogP contribution in [0, 0.1) is 6.92 Å². The fraction of sp³-hybridized carbons (Fsp3) is 0.188. The molecule has 18 heavy (non-hydrogen) atoms. The van der Waals surface area contributed by atoms with Gasteiger partial charge < -0.3 is 9.47 Å². The van der Waals surface area contributed by atoms with Gasteiger partial charge in [0, 0.05) is 11.1 Å². The zero-order chi connectivity index (χ0) is 12.4. The Kier molecular flexibility index (Phi) is 2.90. The van der Waals surface area contributed by atoms with Crippen LogP contribution in [-0.2, 0) is 15.3 Å². The van der Waals surface area contributed by atoms with E-state index in [9.17, 15) is 0 Å². The van der Waals surface area contributed by atoms with Crippen LogP contribution in [0.2, 0.25) is 0 Å². The number of ether oxygens (including phenoxy) is 2. The Balaban J connectivity index is 2.11. The molecule has 1 fully saturated rings. The third-order valence-electron chi connectivity index (χ3n) is 3.11. The summed E-state index contributed by atoms with van der Waals surface area (Å²) in [5, 5.41) is 0. The maximum atomic E-state index is 5.99. The molecule has 1 unspecified atom stereocenters. The van der Waals surface area contributed by atoms with E-state index >= 15 is 0 Å². The Morgan fingerprint density at radius 3 is 1.78 bits per heavy atom. The highest BCUT2D eigenvalue weighted by Gasteiger charge is 2.43. The van der Waals surface area contributed by atoms with Crippen molar-refractivity contribution >= 4 is 0 Å². The molecule has 0 N–H and O–H groups in total. The van der Waals surface area contributed by atoms with Gasteiger partial charge in [0.15, 0.2) is 0 Å². The van der Waals surface area contributed by atoms with Crippen LogP contribution in [0.4, 0.5) is 0 Å². The molecule has 0 saturated carbocycles. The minimum atomic E-state index is -0.811. The van der Waals surface area contributed by atoms with Gasteiger partial charge >= 0.3 is 0 Å². The molecule has 2 nitrogen and oxygen atoms in total. The Morgan fingerprint density at radius 2 is 1.39 bits per heavy atom. The molecular formula is C16H15O2. The molecule has 0 aromatic heterocycles. The quantitative estimate of drug-likeness (QED) is 0.801. The lowest BCUT2D eigenvalue weighted by atomic mass is 9.97. The Morgan fingerprint density at radius 1 is 0.889 bits per heavy atom. The fourth-order valence-corrected chi connectivity index (χ4v) is 2.30. The van der Waals surface area contributed by atoms with Crippen molar-refractivity contribution in [3.63, 3.8) is 0 Å². The predicted octanol–water partition coefficient (Wildman–Crippen LogP) is 3.14. The fourth-order valence-electron chi connectivity index (χ4n) is 2.30. The molecular weight excluding hydrogens is 224 g/mol. The van der Waals surface area contributed by atoms with Crippen molar-refractivity contribution in [1.82, 2.24) is 0 Å². The monoisotopic (exact) mass is 239 g/mol. The summed E-state index contributed by atoms with van der Waals surface area (Å²) in [6, 6.07) is 20.0. The average molecular weight is 239 g/mol. The van der Waals surface area contributed by atoms with E-state index in [2.05, 4.69) is 6.92 Å². The van der Waals surface area contributed by atoms with Gasteiger partial charge in [-0.2, -0.15) is 0 Å². The Hall–Kier alpha value is -1.64. The molecule has 1 aliphatic rings. The van der Waals surface area contributed by atoms with E-state index in [0.717, 1.165) is 11.1 Å². The van der Waals surface area contributed by atoms with Gasteiger partial charge in [-0.05, 0) is 6.92 Å². The van der Waals surface area contributed by atoms with Crippen molar-refractivity contribution in [2.45, 2.75) is 11.9 Å². The molecule has 0 aliphatic carbocycles. The van der Waals surface area contributed by atoms with Crippen LogP contribution in [0.3, 0.4) is 0 Å². The SMILES string of the molecule is [CH2]C1COC(c2ccccc2)(c2ccccc2)O1. The molecule has 91 valence electrons. The van der Waals surface area contributed by atoms with Crippen molar-refractivity contribution in [3.05, 3.63) is 78.7 Å². The molecule has 2 aromatic carbocycles. The van der Waals surface area contributed by atoms with Crippen molar-refractivity contribution in [3.8, 4) is 0 Å². The molecule has 1 radical (unpaired) electrons. The zero-order valence-electron chi connectivity index (χ0n) is 10.1. The molecule has 0 bridgehead atoms. The lowest BCUT2D eigenvalue weighted by Gasteiger charge is -2.28. The number of hydrogen-bond acceptors (Lipinski definition) is 2. The van der Waals surface area contributed by atoms with Gasteiger partial charge in [0.1, 0.15) is 0 Å². The minimum absolute atomic E-state index is 0.148. The van der Waals surface area contributed by atoms with Gasteiger partial charge in [-0.3, -0.25) is 0 Å². The molecule has 1 heterocycles. The first-order valence-corrected chi connectivity index (χ1v) is 6.07. The Bertz CT molecular complexity index is 468. The van der Waals surface area contributed by atoms with Crippen LogP contribution >= 0.6 is 0 Å². The van der Waals surface area contributed by atoms with Gasteiger partial charge in [0.2, 0.25) is 5.79 Å². The highest BCUT2D eigenvalue weighted by Crippen LogP contribution is 2.40. The lowest BCUT2D eigenvalue weighted by Crippen LogP contribution is -2.29. The maximum absolute atomic E-state index is 5.99. The minimum Gasteiger partial charge on any atom is -0.339 e. The summed E-state index contributed by atoms with van der Waals surface area (Å²) in [7, 11) is 0. The van der Waals surface area contributed by atoms with Gasteiger partial charge in [-0.25, -0.2) is 0 Å². The molecule has 1 aliphatic heterocycles. The van der Waals surface area contributed by atoms with Gasteiger partial charge in [-0.1, -0.05) is 60.7 Å². The smallest absolute Gasteiger partial charge is 0.222 e. The van der Waals surface area contributed by atoms with Crippen LogP contribution < -0.4 is 0 Å². The van der Waals surface area contributed by atoms with E-state index in [-0.39, 0.29) is 6.10 Å². The number of benzene rings is 2. The third kappa shape index (κ3) is 1.84. The number of rotatable bonds is 2. The highest BCUT2D eigenvalue weighted by atomic mass is 16.7. The summed E-state index contributed by atoms with van der Waals surface area (Å²) in [5.74, 6) is -0.811. The van der Waals surface area contributed by atoms with Gasteiger partial charge in [-0.15, -0.1) is 0 Å². The van der Waals surface area contributed by atoms with Crippen LogP contribution in [0.1, 0.15) is 11.1 Å². The second kappa shape index (κ2) is 4.56. The summed E-state index contributed by atoms with van der Waals surface area (Å²) < 4.78 is 11.9. The first kappa shape index (κ1) is 11.5. The van der Waals surface area contributed by atoms with E-state index in [1.54, 1.807) is 0 Å². The topological polar surface area (TPSA) is 18.5 Å². The largest absolute Gasteiger partial charge is 0.339 e. The lowest BCUT2D eigenvalue weighted by molar-refractivity contribution is -0.137. The van der Waals surface area contributed by atoms with E-state index < -0.39 is 5.79 Å². The van der Waals surface area contributed by atoms with Crippen molar-refractivity contribution < 1.29 is 9.47 Å². The van der Waals surface area contributed by atoms with E-state index in [4.69, 9.17) is 9.47 Å². The van der Waals surface area contributed by atoms with Crippen molar-refractivity contribution in [1.29, 1.82) is 0 Å². The predicted molar refractivity (Wildman–Crippen MR) is 69.8 cm³/mol. The molecule has 1 atom stereocenters. The first-order chi connectivity index (χ1) is 8.81. The normalized spacial score (nSPS) is 21.9. The molecule has 2 heteroatoms. The van der Waals surface area contributed by atoms with Crippen LogP contribution in [-0.4, -0.2) is 12.7 Å². The summed E-state index contributed by atoms with van der Waals surface area (Å²) >= 11 is 0. The molecule has 3 rings (SSSR count). The summed E-state index contributed by atoms with van der Waals surface area (Å²) in [4.78, 5) is 0. The van der Waals surface area contributed by atoms with Crippen molar-refractivity contribution in [2.75, 3.05) is 6.61 Å². The van der Waals surface area contributed by atoms with Crippen LogP contribution in [0.5, 0.6) is 0 Å². The van der Waals surface area contributed by atoms with E-state index in [1.807, 2.05) is 60.7 Å². The molecule has 2 aromatic rings. The van der Waals surface area contributed by atoms with Gasteiger partial charge in [0.25, 0.3) is 0 Å². The standard InChI is InChI=1S/C16H15O2/c1-13-12-17-16(18-13,14-8-4-2-5-9-14)15-10-6-3-7-11-15/h2-11,13H,1,12H2. The van der Waals surface area contributed by atoms with Gasteiger partial charge in [0.05, 0.1) is 12.7 Å². The van der Waals surface area contributed by atoms with E-state index in [1.165, 1.54) is 0 Å². The second-order valence-corrected chi connectivity index (χ2v) is 4.40. The summed E-state index contributed by atoms with van der Waals surface area (Å²) in [6.07, 6.45) is -0.148. The second-order valence-electron chi connectivity index (χ2n) is 4.40. The van der Waals surface area contributed by atoms with E-state index in [0.29, 0.717) is 6.61 Å². The Labute approximate surface area is 107 Å². The molecule has 0 amide bonds.